The molecule has 0 unspecified atom stereocenters. The third-order valence-electron chi connectivity index (χ3n) is 4.56. The molecule has 3 aromatic carbocycles. The molecule has 0 aliphatic carbocycles. The molecule has 0 amide bonds. The van der Waals surface area contributed by atoms with Crippen molar-refractivity contribution in [3.05, 3.63) is 97.6 Å². The highest BCUT2D eigenvalue weighted by molar-refractivity contribution is 5.82. The van der Waals surface area contributed by atoms with Gasteiger partial charge >= 0.3 is 11.4 Å². The van der Waals surface area contributed by atoms with Gasteiger partial charge in [0.2, 0.25) is 0 Å². The van der Waals surface area contributed by atoms with Gasteiger partial charge in [0.15, 0.2) is 17.8 Å². The lowest BCUT2D eigenvalue weighted by Gasteiger charge is -2.12. The van der Waals surface area contributed by atoms with Crippen LogP contribution in [0.2, 0.25) is 0 Å². The first-order chi connectivity index (χ1) is 15.9. The molecule has 0 heterocycles. The van der Waals surface area contributed by atoms with E-state index in [1.807, 2.05) is 30.3 Å². The Morgan fingerprint density at radius 3 is 2.03 bits per heavy atom. The van der Waals surface area contributed by atoms with Crippen molar-refractivity contribution >= 4 is 17.7 Å². The monoisotopic (exact) mass is 452 g/mol. The van der Waals surface area contributed by atoms with Crippen molar-refractivity contribution in [2.45, 2.75) is 13.5 Å². The second kappa shape index (κ2) is 10.7. The predicted molar refractivity (Wildman–Crippen MR) is 118 cm³/mol. The molecule has 0 saturated carbocycles. The van der Waals surface area contributed by atoms with Crippen LogP contribution in [-0.2, 0) is 6.61 Å². The fourth-order valence-corrected chi connectivity index (χ4v) is 2.97. The van der Waals surface area contributed by atoms with E-state index in [9.17, 15) is 25.0 Å². The van der Waals surface area contributed by atoms with Crippen LogP contribution in [0.4, 0.5) is 11.4 Å². The van der Waals surface area contributed by atoms with Gasteiger partial charge in [-0.2, -0.15) is 0 Å². The number of hydrogen-bond donors (Lipinski definition) is 0. The second-order valence-corrected chi connectivity index (χ2v) is 6.93. The van der Waals surface area contributed by atoms with Crippen molar-refractivity contribution in [1.29, 1.82) is 0 Å². The highest BCUT2D eigenvalue weighted by Crippen LogP contribution is 2.34. The third kappa shape index (κ3) is 6.03. The van der Waals surface area contributed by atoms with Crippen molar-refractivity contribution < 1.29 is 28.9 Å². The molecule has 0 fully saturated rings. The van der Waals surface area contributed by atoms with Gasteiger partial charge in [-0.05, 0) is 24.1 Å². The lowest BCUT2D eigenvalue weighted by Crippen LogP contribution is -2.11. The zero-order chi connectivity index (χ0) is 23.8. The molecular weight excluding hydrogens is 432 g/mol. The Balaban J connectivity index is 1.71. The van der Waals surface area contributed by atoms with Crippen LogP contribution >= 0.6 is 0 Å². The zero-order valence-corrected chi connectivity index (χ0v) is 17.6. The Morgan fingerprint density at radius 1 is 0.788 bits per heavy atom. The molecule has 10 heteroatoms. The Kier molecular flexibility index (Phi) is 7.53. The first-order valence-corrected chi connectivity index (χ1v) is 9.84. The molecule has 0 saturated heterocycles. The molecule has 3 aromatic rings. The number of nitrogens with zero attached hydrogens (tertiary/aromatic N) is 2. The minimum Gasteiger partial charge on any atom is -0.488 e. The van der Waals surface area contributed by atoms with E-state index >= 15 is 0 Å². The fraction of sp³-hybridized carbons (Fsp3) is 0.174. The predicted octanol–water partition coefficient (Wildman–Crippen LogP) is 4.66. The maximum atomic E-state index is 11.5. The maximum absolute atomic E-state index is 11.5. The highest BCUT2D eigenvalue weighted by Gasteiger charge is 2.21. The number of rotatable bonds is 11. The van der Waals surface area contributed by atoms with Crippen molar-refractivity contribution in [1.82, 2.24) is 0 Å². The summed E-state index contributed by atoms with van der Waals surface area (Å²) in [6.07, 6.45) is 0.517. The number of aryl methyl sites for hydroxylation is 1. The van der Waals surface area contributed by atoms with Crippen LogP contribution < -0.4 is 14.2 Å². The first kappa shape index (κ1) is 23.2. The summed E-state index contributed by atoms with van der Waals surface area (Å²) in [5, 5.41) is 22.7. The van der Waals surface area contributed by atoms with E-state index in [-0.39, 0.29) is 54.0 Å². The average molecular weight is 452 g/mol. The van der Waals surface area contributed by atoms with Gasteiger partial charge in [-0.15, -0.1) is 0 Å². The van der Waals surface area contributed by atoms with E-state index < -0.39 is 9.85 Å². The summed E-state index contributed by atoms with van der Waals surface area (Å²) in [4.78, 5) is 33.0. The van der Waals surface area contributed by atoms with Gasteiger partial charge in [0, 0.05) is 12.1 Å². The molecule has 0 aliphatic heterocycles. The average Bonchev–Trinajstić information content (AvgIpc) is 2.80. The summed E-state index contributed by atoms with van der Waals surface area (Å²) in [6, 6.07) is 15.9. The van der Waals surface area contributed by atoms with E-state index in [1.54, 1.807) is 13.0 Å². The topological polar surface area (TPSA) is 131 Å². The number of carbonyl (C=O) groups is 1. The minimum atomic E-state index is -0.647. The summed E-state index contributed by atoms with van der Waals surface area (Å²) in [5.41, 5.74) is 1.11. The van der Waals surface area contributed by atoms with Gasteiger partial charge in [-0.1, -0.05) is 36.4 Å². The van der Waals surface area contributed by atoms with Crippen LogP contribution in [0.5, 0.6) is 17.2 Å². The van der Waals surface area contributed by atoms with Crippen LogP contribution in [0.3, 0.4) is 0 Å². The van der Waals surface area contributed by atoms with Gasteiger partial charge in [0.1, 0.15) is 25.6 Å². The summed E-state index contributed by atoms with van der Waals surface area (Å²) < 4.78 is 16.5. The Labute approximate surface area is 188 Å². The molecule has 0 radical (unpaired) electrons. The van der Waals surface area contributed by atoms with Gasteiger partial charge in [0.25, 0.3) is 0 Å². The van der Waals surface area contributed by atoms with Gasteiger partial charge < -0.3 is 14.2 Å². The number of hydrogen-bond acceptors (Lipinski definition) is 8. The summed E-state index contributed by atoms with van der Waals surface area (Å²) >= 11 is 0. The lowest BCUT2D eigenvalue weighted by atomic mass is 10.1. The smallest absolute Gasteiger partial charge is 0.314 e. The van der Waals surface area contributed by atoms with E-state index in [0.29, 0.717) is 6.29 Å². The van der Waals surface area contributed by atoms with Crippen molar-refractivity contribution in [3.8, 4) is 17.2 Å². The number of ether oxygens (including phenoxy) is 3. The Bertz CT molecular complexity index is 1160. The number of benzene rings is 3. The fourth-order valence-electron chi connectivity index (χ4n) is 2.97. The Morgan fingerprint density at radius 2 is 1.42 bits per heavy atom. The summed E-state index contributed by atoms with van der Waals surface area (Å²) in [6.45, 7) is 1.64. The summed E-state index contributed by atoms with van der Waals surface area (Å²) in [7, 11) is 0. The second-order valence-electron chi connectivity index (χ2n) is 6.93. The first-order valence-electron chi connectivity index (χ1n) is 9.84. The molecule has 3 rings (SSSR count). The van der Waals surface area contributed by atoms with E-state index in [2.05, 4.69) is 0 Å². The van der Waals surface area contributed by atoms with Crippen LogP contribution in [0.25, 0.3) is 0 Å². The highest BCUT2D eigenvalue weighted by atomic mass is 16.6. The largest absolute Gasteiger partial charge is 0.488 e. The molecule has 170 valence electrons. The van der Waals surface area contributed by atoms with E-state index in [0.717, 1.165) is 17.2 Å². The Hall–Kier alpha value is -4.47. The molecule has 0 aromatic heterocycles. The number of nitro benzene ring substituents is 2. The van der Waals surface area contributed by atoms with E-state index in [1.165, 1.54) is 18.2 Å². The van der Waals surface area contributed by atoms with E-state index in [4.69, 9.17) is 14.2 Å². The molecule has 10 nitrogen and oxygen atoms in total. The SMILES string of the molecule is Cc1ccc([N+](=O)[O-])c(OCCOc2cc(C=O)c(OCc3ccccc3)cc2[N+](=O)[O-])c1. The zero-order valence-electron chi connectivity index (χ0n) is 17.6. The molecule has 33 heavy (non-hydrogen) atoms. The number of nitro groups is 2. The number of carbonyl (C=O) groups excluding carboxylic acids is 1. The van der Waals surface area contributed by atoms with Crippen molar-refractivity contribution in [2.24, 2.45) is 0 Å². The third-order valence-corrected chi connectivity index (χ3v) is 4.56. The molecule has 0 atom stereocenters. The standard InChI is InChI=1S/C23H20N2O8/c1-16-7-8-19(24(27)28)22(11-16)31-9-10-32-23-12-18(14-26)21(13-20(23)25(29)30)33-15-17-5-3-2-4-6-17/h2-8,11-14H,9-10,15H2,1H3. The van der Waals surface area contributed by atoms with Crippen LogP contribution in [-0.4, -0.2) is 29.3 Å². The van der Waals surface area contributed by atoms with Crippen molar-refractivity contribution in [3.63, 3.8) is 0 Å². The van der Waals surface area contributed by atoms with Gasteiger partial charge in [0.05, 0.1) is 21.5 Å². The lowest BCUT2D eigenvalue weighted by molar-refractivity contribution is -0.386. The van der Waals surface area contributed by atoms with Crippen LogP contribution in [0.15, 0.2) is 60.7 Å². The van der Waals surface area contributed by atoms with Crippen LogP contribution in [0.1, 0.15) is 21.5 Å². The molecule has 0 aliphatic rings. The normalized spacial score (nSPS) is 10.3. The molecular formula is C23H20N2O8. The molecule has 0 N–H and O–H groups in total. The van der Waals surface area contributed by atoms with Gasteiger partial charge in [-0.3, -0.25) is 25.0 Å². The quantitative estimate of drug-likeness (QED) is 0.178. The molecule has 0 bridgehead atoms. The van der Waals surface area contributed by atoms with Gasteiger partial charge in [-0.25, -0.2) is 0 Å². The minimum absolute atomic E-state index is 0.0551. The summed E-state index contributed by atoms with van der Waals surface area (Å²) in [5.74, 6) is -0.0209. The molecule has 0 spiro atoms. The number of aldehydes is 1. The van der Waals surface area contributed by atoms with Crippen molar-refractivity contribution in [2.75, 3.05) is 13.2 Å². The maximum Gasteiger partial charge on any atom is 0.314 e. The van der Waals surface area contributed by atoms with Crippen LogP contribution in [0, 0.1) is 27.2 Å².